The Morgan fingerprint density at radius 3 is 2.31 bits per heavy atom. The Labute approximate surface area is 205 Å². The average Bonchev–Trinajstić information content (AvgIpc) is 2.80. The van der Waals surface area contributed by atoms with E-state index in [0.29, 0.717) is 6.07 Å². The molecule has 0 aliphatic carbocycles. The van der Waals surface area contributed by atoms with E-state index in [1.54, 1.807) is 0 Å². The number of H-pyrrole nitrogens is 1. The Morgan fingerprint density at radius 2 is 1.69 bits per heavy atom. The summed E-state index contributed by atoms with van der Waals surface area (Å²) in [5.41, 5.74) is -3.83. The van der Waals surface area contributed by atoms with Crippen molar-refractivity contribution in [3.63, 3.8) is 0 Å². The molecule has 0 unspecified atom stereocenters. The fourth-order valence-corrected chi connectivity index (χ4v) is 4.74. The third-order valence-electron chi connectivity index (χ3n) is 5.16. The predicted molar refractivity (Wildman–Crippen MR) is 126 cm³/mol. The summed E-state index contributed by atoms with van der Waals surface area (Å²) in [5, 5.41) is 21.1. The number of nitro groups is 1. The van der Waals surface area contributed by atoms with Gasteiger partial charge in [-0.2, -0.15) is 13.2 Å². The zero-order valence-electron chi connectivity index (χ0n) is 17.6. The van der Waals surface area contributed by atoms with Crippen LogP contribution in [-0.4, -0.2) is 23.4 Å². The molecular weight excluding hydrogens is 527 g/mol. The molecular formula is C22H13ClF3N3O6S. The molecule has 36 heavy (non-hydrogen) atoms. The average molecular weight is 540 g/mol. The molecule has 0 radical (unpaired) electrons. The number of hydrogen-bond donors (Lipinski definition) is 3. The Hall–Kier alpha value is -4.10. The Bertz CT molecular complexity index is 1690. The van der Waals surface area contributed by atoms with Gasteiger partial charge in [-0.15, -0.1) is 0 Å². The second kappa shape index (κ2) is 8.84. The van der Waals surface area contributed by atoms with Crippen LogP contribution in [-0.2, 0) is 16.2 Å². The molecule has 0 aliphatic heterocycles. The summed E-state index contributed by atoms with van der Waals surface area (Å²) in [7, 11) is -4.57. The van der Waals surface area contributed by atoms with Crippen LogP contribution in [0.5, 0.6) is 5.75 Å². The largest absolute Gasteiger partial charge is 0.507 e. The molecule has 1 aromatic heterocycles. The van der Waals surface area contributed by atoms with Crippen LogP contribution in [0.1, 0.15) is 5.56 Å². The molecule has 186 valence electrons. The Kier molecular flexibility index (Phi) is 6.14. The molecule has 1 heterocycles. The molecule has 0 spiro atoms. The number of anilines is 1. The van der Waals surface area contributed by atoms with Gasteiger partial charge < -0.3 is 10.1 Å². The van der Waals surface area contributed by atoms with Gasteiger partial charge in [0.05, 0.1) is 15.4 Å². The third kappa shape index (κ3) is 4.70. The fourth-order valence-electron chi connectivity index (χ4n) is 3.50. The summed E-state index contributed by atoms with van der Waals surface area (Å²) in [4.78, 5) is 24.9. The number of aromatic hydroxyl groups is 1. The van der Waals surface area contributed by atoms with Crippen LogP contribution in [0.3, 0.4) is 0 Å². The zero-order chi connectivity index (χ0) is 26.4. The van der Waals surface area contributed by atoms with Gasteiger partial charge in [0.1, 0.15) is 11.4 Å². The molecule has 0 saturated carbocycles. The molecule has 9 nitrogen and oxygen atoms in total. The number of aromatic nitrogens is 1. The monoisotopic (exact) mass is 539 g/mol. The van der Waals surface area contributed by atoms with Crippen molar-refractivity contribution in [2.45, 2.75) is 11.1 Å². The lowest BCUT2D eigenvalue weighted by atomic mass is 9.97. The smallest absolute Gasteiger partial charge is 0.416 e. The van der Waals surface area contributed by atoms with Crippen LogP contribution in [0.2, 0.25) is 5.02 Å². The van der Waals surface area contributed by atoms with Crippen molar-refractivity contribution in [3.05, 3.63) is 91.7 Å². The Morgan fingerprint density at radius 1 is 1.03 bits per heavy atom. The van der Waals surface area contributed by atoms with Gasteiger partial charge in [-0.1, -0.05) is 11.6 Å². The van der Waals surface area contributed by atoms with Gasteiger partial charge in [-0.25, -0.2) is 8.42 Å². The summed E-state index contributed by atoms with van der Waals surface area (Å²) in [5.74, 6) is -0.487. The van der Waals surface area contributed by atoms with Gasteiger partial charge in [-0.3, -0.25) is 19.6 Å². The minimum Gasteiger partial charge on any atom is -0.507 e. The number of hydrogen-bond acceptors (Lipinski definition) is 6. The third-order valence-corrected chi connectivity index (χ3v) is 6.76. The summed E-state index contributed by atoms with van der Waals surface area (Å²) in [6, 6.07) is 9.73. The fraction of sp³-hybridized carbons (Fsp3) is 0.0455. The van der Waals surface area contributed by atoms with Crippen LogP contribution >= 0.6 is 11.6 Å². The molecule has 4 rings (SSSR count). The van der Waals surface area contributed by atoms with Crippen molar-refractivity contribution in [1.29, 1.82) is 0 Å². The molecule has 0 saturated heterocycles. The van der Waals surface area contributed by atoms with Crippen LogP contribution in [0, 0.1) is 10.1 Å². The van der Waals surface area contributed by atoms with Gasteiger partial charge in [0.15, 0.2) is 0 Å². The van der Waals surface area contributed by atoms with E-state index in [2.05, 4.69) is 4.98 Å². The lowest BCUT2D eigenvalue weighted by Crippen LogP contribution is -2.21. The molecule has 0 amide bonds. The SMILES string of the molecule is O=c1[nH]c2ccc(C(F)(F)F)cc2c(-c2cc(Cl)ccc2O)c1NS(=O)(=O)c1ccc([N+](=O)[O-])cc1. The van der Waals surface area contributed by atoms with E-state index in [9.17, 15) is 41.6 Å². The lowest BCUT2D eigenvalue weighted by Gasteiger charge is -2.17. The minimum absolute atomic E-state index is 0.0485. The Balaban J connectivity index is 2.01. The maximum Gasteiger partial charge on any atom is 0.416 e. The number of phenolic OH excluding ortho intramolecular Hbond substituents is 1. The van der Waals surface area contributed by atoms with E-state index in [4.69, 9.17) is 11.6 Å². The predicted octanol–water partition coefficient (Wildman–Crippen LogP) is 5.28. The van der Waals surface area contributed by atoms with Crippen molar-refractivity contribution in [2.75, 3.05) is 4.72 Å². The van der Waals surface area contributed by atoms with E-state index < -0.39 is 48.6 Å². The van der Waals surface area contributed by atoms with Crippen LogP contribution in [0.4, 0.5) is 24.5 Å². The number of benzene rings is 3. The van der Waals surface area contributed by atoms with Crippen LogP contribution in [0.15, 0.2) is 70.4 Å². The first-order chi connectivity index (χ1) is 16.8. The molecule has 0 bridgehead atoms. The standard InChI is InChI=1S/C22H13ClF3N3O6S/c23-12-2-8-18(30)16(10-12)19-15-9-11(22(24,25)26)1-7-17(15)27-21(31)20(19)28-36(34,35)14-5-3-13(4-6-14)29(32)33/h1-10,28,30H,(H,27,31). The van der Waals surface area contributed by atoms with Gasteiger partial charge in [0.25, 0.3) is 21.3 Å². The highest BCUT2D eigenvalue weighted by molar-refractivity contribution is 7.92. The number of fused-ring (bicyclic) bond motifs is 1. The number of nitro benzene ring substituents is 1. The van der Waals surface area contributed by atoms with Crippen molar-refractivity contribution < 1.29 is 31.6 Å². The number of aromatic amines is 1. The summed E-state index contributed by atoms with van der Waals surface area (Å²) >= 11 is 6.01. The van der Waals surface area contributed by atoms with Gasteiger partial charge in [-0.05, 0) is 48.5 Å². The van der Waals surface area contributed by atoms with E-state index in [1.807, 2.05) is 4.72 Å². The van der Waals surface area contributed by atoms with Crippen molar-refractivity contribution >= 4 is 43.9 Å². The highest BCUT2D eigenvalue weighted by atomic mass is 35.5. The summed E-state index contributed by atoms with van der Waals surface area (Å²) in [6.07, 6.45) is -4.77. The first kappa shape index (κ1) is 25.0. The number of halogens is 4. The number of non-ortho nitro benzene ring substituents is 1. The van der Waals surface area contributed by atoms with E-state index in [1.165, 1.54) is 6.07 Å². The second-order valence-corrected chi connectivity index (χ2v) is 9.60. The number of rotatable bonds is 5. The maximum absolute atomic E-state index is 13.5. The minimum atomic E-state index is -4.77. The first-order valence-corrected chi connectivity index (χ1v) is 11.7. The summed E-state index contributed by atoms with van der Waals surface area (Å²) < 4.78 is 68.5. The van der Waals surface area contributed by atoms with Crippen LogP contribution in [0.25, 0.3) is 22.0 Å². The molecule has 0 fully saturated rings. The van der Waals surface area contributed by atoms with Crippen molar-refractivity contribution in [2.24, 2.45) is 0 Å². The van der Waals surface area contributed by atoms with Gasteiger partial charge in [0.2, 0.25) is 0 Å². The molecule has 0 atom stereocenters. The van der Waals surface area contributed by atoms with E-state index in [0.717, 1.165) is 48.5 Å². The number of nitrogens with one attached hydrogen (secondary N) is 2. The van der Waals surface area contributed by atoms with E-state index >= 15 is 0 Å². The molecule has 0 aliphatic rings. The maximum atomic E-state index is 13.5. The van der Waals surface area contributed by atoms with Crippen molar-refractivity contribution in [1.82, 2.24) is 4.98 Å². The van der Waals surface area contributed by atoms with Crippen molar-refractivity contribution in [3.8, 4) is 16.9 Å². The second-order valence-electron chi connectivity index (χ2n) is 7.48. The number of sulfonamides is 1. The molecule has 4 aromatic rings. The summed E-state index contributed by atoms with van der Waals surface area (Å²) in [6.45, 7) is 0. The van der Waals surface area contributed by atoms with E-state index in [-0.39, 0.29) is 32.7 Å². The quantitative estimate of drug-likeness (QED) is 0.232. The highest BCUT2D eigenvalue weighted by Gasteiger charge is 2.32. The number of nitrogens with zero attached hydrogens (tertiary/aromatic N) is 1. The van der Waals surface area contributed by atoms with Gasteiger partial charge in [0, 0.05) is 39.2 Å². The van der Waals surface area contributed by atoms with Gasteiger partial charge >= 0.3 is 6.18 Å². The highest BCUT2D eigenvalue weighted by Crippen LogP contribution is 2.41. The molecule has 3 aromatic carbocycles. The lowest BCUT2D eigenvalue weighted by molar-refractivity contribution is -0.384. The number of phenols is 1. The molecule has 14 heteroatoms. The van der Waals surface area contributed by atoms with Crippen LogP contribution < -0.4 is 10.3 Å². The topological polar surface area (TPSA) is 142 Å². The molecule has 3 N–H and O–H groups in total. The number of alkyl halides is 3. The zero-order valence-corrected chi connectivity index (χ0v) is 19.2. The first-order valence-electron chi connectivity index (χ1n) is 9.81. The number of pyridine rings is 1. The normalized spacial score (nSPS) is 12.0.